The molecule has 0 atom stereocenters. The van der Waals surface area contributed by atoms with E-state index in [2.05, 4.69) is 22.5 Å². The summed E-state index contributed by atoms with van der Waals surface area (Å²) in [7, 11) is 0. The topological polar surface area (TPSA) is 26.3 Å². The lowest BCUT2D eigenvalue weighted by Crippen LogP contribution is -2.04. The highest BCUT2D eigenvalue weighted by Crippen LogP contribution is 2.03. The van der Waals surface area contributed by atoms with Crippen LogP contribution >= 0.6 is 15.9 Å². The first kappa shape index (κ1) is 9.69. The number of ether oxygens (including phenoxy) is 1. The molecule has 0 spiro atoms. The van der Waals surface area contributed by atoms with E-state index in [4.69, 9.17) is 4.74 Å². The molecule has 0 aromatic rings. The molecule has 10 heavy (non-hydrogen) atoms. The van der Waals surface area contributed by atoms with E-state index >= 15 is 0 Å². The minimum absolute atomic E-state index is 0.281. The van der Waals surface area contributed by atoms with Crippen molar-refractivity contribution in [2.75, 3.05) is 6.61 Å². The van der Waals surface area contributed by atoms with E-state index in [0.717, 1.165) is 12.8 Å². The van der Waals surface area contributed by atoms with Gasteiger partial charge in [0.2, 0.25) is 0 Å². The Kier molecular flexibility index (Phi) is 5.30. The summed E-state index contributed by atoms with van der Waals surface area (Å²) >= 11 is 2.92. The van der Waals surface area contributed by atoms with Crippen molar-refractivity contribution >= 4 is 21.9 Å². The Morgan fingerprint density at radius 3 is 2.70 bits per heavy atom. The quantitative estimate of drug-likeness (QED) is 0.401. The van der Waals surface area contributed by atoms with Crippen molar-refractivity contribution in [2.45, 2.75) is 19.8 Å². The fourth-order valence-electron chi connectivity index (χ4n) is 0.388. The molecule has 0 rings (SSSR count). The van der Waals surface area contributed by atoms with Gasteiger partial charge in [0.15, 0.2) is 0 Å². The predicted molar refractivity (Wildman–Crippen MR) is 43.9 cm³/mol. The van der Waals surface area contributed by atoms with Gasteiger partial charge in [0.1, 0.15) is 0 Å². The number of unbranched alkanes of at least 4 members (excludes halogenated alkanes) is 1. The van der Waals surface area contributed by atoms with Crippen LogP contribution in [0.2, 0.25) is 0 Å². The Morgan fingerprint density at radius 1 is 1.70 bits per heavy atom. The average molecular weight is 207 g/mol. The summed E-state index contributed by atoms with van der Waals surface area (Å²) < 4.78 is 5.04. The number of halogens is 1. The third-order valence-electron chi connectivity index (χ3n) is 0.953. The van der Waals surface area contributed by atoms with E-state index in [0.29, 0.717) is 6.61 Å². The van der Waals surface area contributed by atoms with E-state index in [1.54, 1.807) is 0 Å². The largest absolute Gasteiger partial charge is 0.462 e. The molecule has 0 saturated heterocycles. The molecule has 0 heterocycles. The average Bonchev–Trinajstić information content (AvgIpc) is 1.88. The first-order valence-electron chi connectivity index (χ1n) is 3.20. The highest BCUT2D eigenvalue weighted by atomic mass is 79.9. The molecule has 3 heteroatoms. The van der Waals surface area contributed by atoms with E-state index in [9.17, 15) is 4.79 Å². The molecule has 0 unspecified atom stereocenters. The zero-order chi connectivity index (χ0) is 7.98. The Bertz CT molecular complexity index is 132. The predicted octanol–water partition coefficient (Wildman–Crippen LogP) is 2.24. The van der Waals surface area contributed by atoms with Gasteiger partial charge in [-0.05, 0) is 22.4 Å². The minimum atomic E-state index is -0.367. The monoisotopic (exact) mass is 206 g/mol. The van der Waals surface area contributed by atoms with Gasteiger partial charge >= 0.3 is 5.97 Å². The molecule has 0 aromatic carbocycles. The number of hydrogen-bond acceptors (Lipinski definition) is 2. The van der Waals surface area contributed by atoms with Gasteiger partial charge in [0.25, 0.3) is 0 Å². The van der Waals surface area contributed by atoms with Crippen molar-refractivity contribution in [3.63, 3.8) is 0 Å². The summed E-state index contributed by atoms with van der Waals surface area (Å²) in [6.07, 6.45) is 1.94. The Labute approximate surface area is 69.4 Å². The molecule has 0 aliphatic carbocycles. The second-order valence-corrected chi connectivity index (χ2v) is 2.85. The third-order valence-corrected chi connectivity index (χ3v) is 1.28. The normalized spacial score (nSPS) is 9.00. The van der Waals surface area contributed by atoms with Crippen LogP contribution in [0.25, 0.3) is 0 Å². The van der Waals surface area contributed by atoms with Gasteiger partial charge in [-0.25, -0.2) is 4.79 Å². The molecule has 0 saturated carbocycles. The van der Waals surface area contributed by atoms with E-state index in [1.807, 2.05) is 6.92 Å². The van der Waals surface area contributed by atoms with Crippen molar-refractivity contribution in [1.29, 1.82) is 0 Å². The van der Waals surface area contributed by atoms with Crippen LogP contribution in [0.5, 0.6) is 0 Å². The second-order valence-electron chi connectivity index (χ2n) is 1.89. The van der Waals surface area contributed by atoms with Crippen molar-refractivity contribution in [2.24, 2.45) is 0 Å². The smallest absolute Gasteiger partial charge is 0.344 e. The van der Waals surface area contributed by atoms with Crippen LogP contribution in [0.1, 0.15) is 19.8 Å². The Morgan fingerprint density at radius 2 is 2.30 bits per heavy atom. The molecule has 0 fully saturated rings. The van der Waals surface area contributed by atoms with Crippen LogP contribution in [0.15, 0.2) is 11.1 Å². The molecule has 2 nitrogen and oxygen atoms in total. The van der Waals surface area contributed by atoms with Crippen molar-refractivity contribution in [3.05, 3.63) is 11.1 Å². The number of hydrogen-bond donors (Lipinski definition) is 0. The lowest BCUT2D eigenvalue weighted by molar-refractivity contribution is -0.138. The number of carbonyl (C=O) groups is 1. The lowest BCUT2D eigenvalue weighted by atomic mass is 10.4. The van der Waals surface area contributed by atoms with E-state index in [1.165, 1.54) is 0 Å². The van der Waals surface area contributed by atoms with Gasteiger partial charge < -0.3 is 4.74 Å². The molecule has 58 valence electrons. The summed E-state index contributed by atoms with van der Waals surface area (Å²) in [4.78, 5) is 10.6. The number of esters is 1. The molecule has 0 aromatic heterocycles. The summed E-state index contributed by atoms with van der Waals surface area (Å²) in [5.74, 6) is -0.367. The molecule has 0 amide bonds. The fourth-order valence-corrected chi connectivity index (χ4v) is 0.502. The molecular weight excluding hydrogens is 196 g/mol. The zero-order valence-corrected chi connectivity index (χ0v) is 7.61. The molecule has 0 aliphatic heterocycles. The molecule has 0 radical (unpaired) electrons. The number of carbonyl (C=O) groups excluding carboxylic acids is 1. The molecule has 0 aliphatic rings. The highest BCUT2D eigenvalue weighted by molar-refractivity contribution is 9.12. The van der Waals surface area contributed by atoms with Gasteiger partial charge in [-0.3, -0.25) is 0 Å². The summed E-state index contributed by atoms with van der Waals surface area (Å²) in [6.45, 7) is 5.90. The minimum Gasteiger partial charge on any atom is -0.462 e. The van der Waals surface area contributed by atoms with Crippen LogP contribution in [0.3, 0.4) is 0 Å². The van der Waals surface area contributed by atoms with Gasteiger partial charge in [0, 0.05) is 0 Å². The number of rotatable bonds is 4. The van der Waals surface area contributed by atoms with E-state index in [-0.39, 0.29) is 10.5 Å². The van der Waals surface area contributed by atoms with Gasteiger partial charge in [-0.2, -0.15) is 0 Å². The summed E-state index contributed by atoms with van der Waals surface area (Å²) in [5, 5.41) is 0. The molecule has 0 bridgehead atoms. The maximum absolute atomic E-state index is 10.6. The first-order valence-corrected chi connectivity index (χ1v) is 3.99. The third kappa shape index (κ3) is 4.56. The van der Waals surface area contributed by atoms with Crippen LogP contribution in [-0.4, -0.2) is 12.6 Å². The van der Waals surface area contributed by atoms with Crippen molar-refractivity contribution in [3.8, 4) is 0 Å². The van der Waals surface area contributed by atoms with Crippen molar-refractivity contribution < 1.29 is 9.53 Å². The van der Waals surface area contributed by atoms with Crippen LogP contribution in [0, 0.1) is 0 Å². The standard InChI is InChI=1S/C7H11BrO2/c1-3-4-5-10-7(9)6(2)8/h2-5H2,1H3. The fraction of sp³-hybridized carbons (Fsp3) is 0.571. The summed E-state index contributed by atoms with van der Waals surface area (Å²) in [6, 6.07) is 0. The zero-order valence-electron chi connectivity index (χ0n) is 6.02. The summed E-state index contributed by atoms with van der Waals surface area (Å²) in [5.41, 5.74) is 0. The maximum atomic E-state index is 10.6. The molecular formula is C7H11BrO2. The van der Waals surface area contributed by atoms with Crippen LogP contribution in [-0.2, 0) is 9.53 Å². The van der Waals surface area contributed by atoms with Gasteiger partial charge in [0.05, 0.1) is 11.1 Å². The SMILES string of the molecule is C=C(Br)C(=O)OCCCC. The van der Waals surface area contributed by atoms with E-state index < -0.39 is 0 Å². The Hall–Kier alpha value is -0.310. The maximum Gasteiger partial charge on any atom is 0.344 e. The van der Waals surface area contributed by atoms with Crippen LogP contribution in [0.4, 0.5) is 0 Å². The van der Waals surface area contributed by atoms with Crippen LogP contribution < -0.4 is 0 Å². The second kappa shape index (κ2) is 5.47. The van der Waals surface area contributed by atoms with Gasteiger partial charge in [-0.15, -0.1) is 0 Å². The first-order chi connectivity index (χ1) is 4.68. The lowest BCUT2D eigenvalue weighted by Gasteiger charge is -2.00. The highest BCUT2D eigenvalue weighted by Gasteiger charge is 2.02. The Balaban J connectivity index is 3.31. The molecule has 0 N–H and O–H groups in total. The van der Waals surface area contributed by atoms with Gasteiger partial charge in [-0.1, -0.05) is 19.9 Å². The van der Waals surface area contributed by atoms with Crippen molar-refractivity contribution in [1.82, 2.24) is 0 Å².